The van der Waals surface area contributed by atoms with E-state index in [1.165, 1.54) is 12.8 Å². The molecule has 1 fully saturated rings. The first-order chi connectivity index (χ1) is 6.54. The first-order valence-electron chi connectivity index (χ1n) is 5.47. The van der Waals surface area contributed by atoms with Crippen LogP contribution in [0.15, 0.2) is 12.2 Å². The highest BCUT2D eigenvalue weighted by atomic mass is 16.1. The highest BCUT2D eigenvalue weighted by Gasteiger charge is 2.32. The van der Waals surface area contributed by atoms with Crippen LogP contribution in [0.1, 0.15) is 46.0 Å². The fraction of sp³-hybridized carbons (Fsp3) is 0.750. The monoisotopic (exact) mass is 195 g/mol. The van der Waals surface area contributed by atoms with Gasteiger partial charge in [-0.25, -0.2) is 0 Å². The molecule has 0 bridgehead atoms. The average molecular weight is 195 g/mol. The van der Waals surface area contributed by atoms with Crippen molar-refractivity contribution in [2.45, 2.75) is 51.5 Å². The van der Waals surface area contributed by atoms with Crippen molar-refractivity contribution >= 4 is 5.78 Å². The van der Waals surface area contributed by atoms with Crippen molar-refractivity contribution < 1.29 is 4.79 Å². The van der Waals surface area contributed by atoms with Crippen LogP contribution in [0.2, 0.25) is 0 Å². The summed E-state index contributed by atoms with van der Waals surface area (Å²) in [7, 11) is 0. The molecule has 1 atom stereocenters. The molecule has 0 aliphatic carbocycles. The predicted molar refractivity (Wildman–Crippen MR) is 59.3 cm³/mol. The van der Waals surface area contributed by atoms with Gasteiger partial charge in [-0.2, -0.15) is 0 Å². The summed E-state index contributed by atoms with van der Waals surface area (Å²) in [5.41, 5.74) is 0.839. The highest BCUT2D eigenvalue weighted by Crippen LogP contribution is 2.22. The molecule has 0 radical (unpaired) electrons. The van der Waals surface area contributed by atoms with Gasteiger partial charge in [-0.3, -0.25) is 4.79 Å². The Kier molecular flexibility index (Phi) is 3.87. The van der Waals surface area contributed by atoms with Crippen LogP contribution in [0.5, 0.6) is 0 Å². The second-order valence-electron chi connectivity index (χ2n) is 4.60. The lowest BCUT2D eigenvalue weighted by molar-refractivity contribution is -0.125. The number of allylic oxidation sites excluding steroid dienone is 1. The Morgan fingerprint density at radius 2 is 2.14 bits per heavy atom. The van der Waals surface area contributed by atoms with Crippen molar-refractivity contribution in [3.05, 3.63) is 12.2 Å². The third-order valence-electron chi connectivity index (χ3n) is 3.01. The Labute approximate surface area is 86.8 Å². The van der Waals surface area contributed by atoms with E-state index in [0.29, 0.717) is 12.2 Å². The van der Waals surface area contributed by atoms with E-state index < -0.39 is 0 Å². The molecule has 0 aromatic carbocycles. The lowest BCUT2D eigenvalue weighted by atomic mass is 9.84. The van der Waals surface area contributed by atoms with E-state index in [4.69, 9.17) is 0 Å². The minimum Gasteiger partial charge on any atom is -0.305 e. The zero-order chi connectivity index (χ0) is 10.6. The van der Waals surface area contributed by atoms with Gasteiger partial charge in [0, 0.05) is 6.42 Å². The van der Waals surface area contributed by atoms with Crippen molar-refractivity contribution in [1.82, 2.24) is 5.32 Å². The summed E-state index contributed by atoms with van der Waals surface area (Å²) in [4.78, 5) is 11.9. The van der Waals surface area contributed by atoms with Gasteiger partial charge in [0.25, 0.3) is 0 Å². The van der Waals surface area contributed by atoms with E-state index in [-0.39, 0.29) is 5.54 Å². The molecule has 2 nitrogen and oxygen atoms in total. The van der Waals surface area contributed by atoms with E-state index in [1.807, 2.05) is 13.8 Å². The Balaban J connectivity index is 2.45. The van der Waals surface area contributed by atoms with Gasteiger partial charge in [-0.05, 0) is 46.1 Å². The molecular formula is C12H21NO. The molecule has 0 saturated carbocycles. The lowest BCUT2D eigenvalue weighted by Crippen LogP contribution is -2.52. The summed E-state index contributed by atoms with van der Waals surface area (Å²) >= 11 is 0. The first kappa shape index (κ1) is 11.4. The summed E-state index contributed by atoms with van der Waals surface area (Å²) in [6.45, 7) is 8.81. The lowest BCUT2D eigenvalue weighted by Gasteiger charge is -2.33. The van der Waals surface area contributed by atoms with E-state index in [0.717, 1.165) is 25.0 Å². The fourth-order valence-electron chi connectivity index (χ4n) is 1.90. The number of hydrogen-bond donors (Lipinski definition) is 1. The van der Waals surface area contributed by atoms with Gasteiger partial charge >= 0.3 is 0 Å². The van der Waals surface area contributed by atoms with Gasteiger partial charge < -0.3 is 5.32 Å². The standard InChI is InChI=1S/C12H21NO/c1-10(2)6-7-11(14)12(3)8-4-5-9-13-12/h13H,1,4-9H2,2-3H3. The van der Waals surface area contributed by atoms with E-state index in [9.17, 15) is 4.79 Å². The number of hydrogen-bond acceptors (Lipinski definition) is 2. The van der Waals surface area contributed by atoms with Crippen LogP contribution in [0.4, 0.5) is 0 Å². The summed E-state index contributed by atoms with van der Waals surface area (Å²) in [6.07, 6.45) is 4.82. The highest BCUT2D eigenvalue weighted by molar-refractivity contribution is 5.88. The molecule has 1 aliphatic heterocycles. The Morgan fingerprint density at radius 1 is 1.43 bits per heavy atom. The van der Waals surface area contributed by atoms with Crippen molar-refractivity contribution in [2.75, 3.05) is 6.54 Å². The van der Waals surface area contributed by atoms with Crippen LogP contribution < -0.4 is 5.32 Å². The van der Waals surface area contributed by atoms with Gasteiger partial charge in [-0.1, -0.05) is 5.57 Å². The number of nitrogens with one attached hydrogen (secondary N) is 1. The summed E-state index contributed by atoms with van der Waals surface area (Å²) < 4.78 is 0. The quantitative estimate of drug-likeness (QED) is 0.698. The minimum atomic E-state index is -0.256. The number of piperidine rings is 1. The summed E-state index contributed by atoms with van der Waals surface area (Å²) in [5.74, 6) is 0.347. The average Bonchev–Trinajstić information content (AvgIpc) is 2.15. The molecule has 80 valence electrons. The first-order valence-corrected chi connectivity index (χ1v) is 5.47. The summed E-state index contributed by atoms with van der Waals surface area (Å²) in [6, 6.07) is 0. The minimum absolute atomic E-state index is 0.256. The maximum absolute atomic E-state index is 11.9. The van der Waals surface area contributed by atoms with Gasteiger partial charge in [-0.15, -0.1) is 6.58 Å². The molecule has 0 aromatic rings. The second kappa shape index (κ2) is 4.74. The van der Waals surface area contributed by atoms with Crippen molar-refractivity contribution in [3.8, 4) is 0 Å². The molecular weight excluding hydrogens is 174 g/mol. The summed E-state index contributed by atoms with van der Waals surface area (Å²) in [5, 5.41) is 3.34. The maximum Gasteiger partial charge on any atom is 0.152 e. The van der Waals surface area contributed by atoms with Crippen LogP contribution in [0.25, 0.3) is 0 Å². The number of carbonyl (C=O) groups is 1. The van der Waals surface area contributed by atoms with Crippen LogP contribution >= 0.6 is 0 Å². The SMILES string of the molecule is C=C(C)CCC(=O)C1(C)CCCCN1. The second-order valence-corrected chi connectivity index (χ2v) is 4.60. The molecule has 1 unspecified atom stereocenters. The van der Waals surface area contributed by atoms with Gasteiger partial charge in [0.05, 0.1) is 5.54 Å². The molecule has 2 heteroatoms. The van der Waals surface area contributed by atoms with Crippen molar-refractivity contribution in [1.29, 1.82) is 0 Å². The molecule has 1 aliphatic rings. The van der Waals surface area contributed by atoms with Crippen LogP contribution in [-0.2, 0) is 4.79 Å². The third kappa shape index (κ3) is 2.95. The topological polar surface area (TPSA) is 29.1 Å². The smallest absolute Gasteiger partial charge is 0.152 e. The van der Waals surface area contributed by atoms with E-state index in [2.05, 4.69) is 11.9 Å². The molecule has 1 rings (SSSR count). The normalized spacial score (nSPS) is 27.3. The molecule has 1 heterocycles. The Morgan fingerprint density at radius 3 is 2.64 bits per heavy atom. The number of carbonyl (C=O) groups excluding carboxylic acids is 1. The van der Waals surface area contributed by atoms with Crippen LogP contribution in [0, 0.1) is 0 Å². The number of rotatable bonds is 4. The van der Waals surface area contributed by atoms with Crippen LogP contribution in [-0.4, -0.2) is 17.9 Å². The molecule has 1 N–H and O–H groups in total. The largest absolute Gasteiger partial charge is 0.305 e. The van der Waals surface area contributed by atoms with Crippen molar-refractivity contribution in [2.24, 2.45) is 0 Å². The number of ketones is 1. The van der Waals surface area contributed by atoms with Crippen molar-refractivity contribution in [3.63, 3.8) is 0 Å². The van der Waals surface area contributed by atoms with E-state index >= 15 is 0 Å². The predicted octanol–water partition coefficient (Wildman–Crippen LogP) is 2.44. The Bertz CT molecular complexity index is 226. The van der Waals surface area contributed by atoms with Gasteiger partial charge in [0.2, 0.25) is 0 Å². The molecule has 14 heavy (non-hydrogen) atoms. The maximum atomic E-state index is 11.9. The fourth-order valence-corrected chi connectivity index (χ4v) is 1.90. The van der Waals surface area contributed by atoms with Crippen LogP contribution in [0.3, 0.4) is 0 Å². The molecule has 0 spiro atoms. The zero-order valence-electron chi connectivity index (χ0n) is 9.36. The van der Waals surface area contributed by atoms with Gasteiger partial charge in [0.15, 0.2) is 5.78 Å². The molecule has 1 saturated heterocycles. The molecule has 0 amide bonds. The van der Waals surface area contributed by atoms with E-state index in [1.54, 1.807) is 0 Å². The Hall–Kier alpha value is -0.630. The molecule has 0 aromatic heterocycles. The third-order valence-corrected chi connectivity index (χ3v) is 3.01. The van der Waals surface area contributed by atoms with Gasteiger partial charge in [0.1, 0.15) is 0 Å². The number of Topliss-reactive ketones (excluding diaryl/α,β-unsaturated/α-hetero) is 1. The zero-order valence-corrected chi connectivity index (χ0v) is 9.36.